The monoisotopic (exact) mass is 487 g/mol. The van der Waals surface area contributed by atoms with Crippen molar-refractivity contribution in [2.75, 3.05) is 19.0 Å². The van der Waals surface area contributed by atoms with Gasteiger partial charge in [0.2, 0.25) is 5.91 Å². The molecule has 0 spiro atoms. The van der Waals surface area contributed by atoms with Gasteiger partial charge in [-0.2, -0.15) is 0 Å². The molecule has 1 aromatic heterocycles. The van der Waals surface area contributed by atoms with Gasteiger partial charge in [-0.3, -0.25) is 20.1 Å². The van der Waals surface area contributed by atoms with Gasteiger partial charge in [-0.1, -0.05) is 30.3 Å². The second-order valence-electron chi connectivity index (χ2n) is 8.05. The number of hydrogen-bond donors (Lipinski definition) is 3. The number of aromatic nitrogens is 2. The number of rotatable bonds is 10. The van der Waals surface area contributed by atoms with Crippen molar-refractivity contribution < 1.29 is 19.7 Å². The van der Waals surface area contributed by atoms with Crippen molar-refractivity contribution in [3.05, 3.63) is 76.8 Å². The number of hydrogen-bond acceptors (Lipinski definition) is 8. The Morgan fingerprint density at radius 1 is 1.03 bits per heavy atom. The van der Waals surface area contributed by atoms with Crippen LogP contribution in [0.15, 0.2) is 66.7 Å². The lowest BCUT2D eigenvalue weighted by atomic mass is 10.0. The maximum atomic E-state index is 11.6. The van der Waals surface area contributed by atoms with Crippen molar-refractivity contribution in [2.24, 2.45) is 0 Å². The number of methoxy groups -OCH3 is 1. The molecule has 0 aliphatic rings. The Bertz CT molecular complexity index is 1390. The minimum atomic E-state index is -0.448. The van der Waals surface area contributed by atoms with E-state index in [1.807, 2.05) is 42.5 Å². The fourth-order valence-electron chi connectivity index (χ4n) is 3.84. The van der Waals surface area contributed by atoms with Crippen LogP contribution in [0.3, 0.4) is 0 Å². The molecule has 0 radical (unpaired) electrons. The quantitative estimate of drug-likeness (QED) is 0.123. The zero-order valence-electron chi connectivity index (χ0n) is 19.6. The highest BCUT2D eigenvalue weighted by Gasteiger charge is 2.19. The van der Waals surface area contributed by atoms with Crippen LogP contribution < -0.4 is 15.5 Å². The first-order valence-electron chi connectivity index (χ1n) is 11.4. The second kappa shape index (κ2) is 11.2. The minimum Gasteiger partial charge on any atom is -0.497 e. The van der Waals surface area contributed by atoms with Crippen LogP contribution >= 0.6 is 0 Å². The predicted octanol–water partition coefficient (Wildman–Crippen LogP) is 4.97. The van der Waals surface area contributed by atoms with Gasteiger partial charge in [-0.15, -0.1) is 0 Å². The van der Waals surface area contributed by atoms with Crippen molar-refractivity contribution in [3.63, 3.8) is 0 Å². The van der Waals surface area contributed by atoms with Crippen molar-refractivity contribution in [2.45, 2.75) is 19.3 Å². The number of unbranched alkanes of at least 4 members (excludes halogenated alkanes) is 1. The number of fused-ring (bicyclic) bond motifs is 1. The molecule has 3 aromatic carbocycles. The van der Waals surface area contributed by atoms with Gasteiger partial charge in [-0.05, 0) is 54.3 Å². The summed E-state index contributed by atoms with van der Waals surface area (Å²) in [4.78, 5) is 31.7. The minimum absolute atomic E-state index is 0.0795. The number of nitrogens with one attached hydrogen (secondary N) is 2. The highest BCUT2D eigenvalue weighted by atomic mass is 16.6. The summed E-state index contributed by atoms with van der Waals surface area (Å²) in [5.41, 5.74) is 4.40. The van der Waals surface area contributed by atoms with E-state index in [1.54, 1.807) is 30.8 Å². The molecule has 10 heteroatoms. The Hall–Kier alpha value is -4.57. The molecule has 36 heavy (non-hydrogen) atoms. The molecule has 10 nitrogen and oxygen atoms in total. The number of nitro benzene ring substituents is 1. The maximum absolute atomic E-state index is 11.6. The first-order valence-corrected chi connectivity index (χ1v) is 11.4. The molecule has 0 aliphatic carbocycles. The number of nitro groups is 1. The molecule has 1 amide bonds. The average Bonchev–Trinajstić information content (AvgIpc) is 2.92. The van der Waals surface area contributed by atoms with Gasteiger partial charge in [0.1, 0.15) is 11.6 Å². The number of nitrogens with zero attached hydrogens (tertiary/aromatic N) is 3. The number of ether oxygens (including phenoxy) is 1. The topological polar surface area (TPSA) is 140 Å². The summed E-state index contributed by atoms with van der Waals surface area (Å²) < 4.78 is 5.24. The summed E-state index contributed by atoms with van der Waals surface area (Å²) in [5.74, 6) is 1.10. The molecule has 1 heterocycles. The van der Waals surface area contributed by atoms with Crippen molar-refractivity contribution in [1.82, 2.24) is 15.4 Å². The third-order valence-corrected chi connectivity index (χ3v) is 5.71. The van der Waals surface area contributed by atoms with Crippen LogP contribution in [-0.2, 0) is 4.79 Å². The van der Waals surface area contributed by atoms with E-state index in [4.69, 9.17) is 9.94 Å². The highest BCUT2D eigenvalue weighted by molar-refractivity contribution is 5.94. The van der Waals surface area contributed by atoms with E-state index in [1.165, 1.54) is 6.07 Å². The Kier molecular flexibility index (Phi) is 7.66. The van der Waals surface area contributed by atoms with E-state index in [9.17, 15) is 14.9 Å². The van der Waals surface area contributed by atoms with Crippen LogP contribution in [0.5, 0.6) is 5.75 Å². The number of carbonyl (C=O) groups excluding carboxylic acids is 1. The summed E-state index contributed by atoms with van der Waals surface area (Å²) in [6.45, 7) is 0.515. The molecular weight excluding hydrogens is 462 g/mol. The molecule has 0 saturated heterocycles. The zero-order chi connectivity index (χ0) is 25.5. The lowest BCUT2D eigenvalue weighted by Gasteiger charge is -2.12. The van der Waals surface area contributed by atoms with Crippen LogP contribution in [0.1, 0.15) is 19.3 Å². The third-order valence-electron chi connectivity index (χ3n) is 5.71. The van der Waals surface area contributed by atoms with Gasteiger partial charge < -0.3 is 10.1 Å². The van der Waals surface area contributed by atoms with Crippen LogP contribution in [-0.4, -0.2) is 39.7 Å². The van der Waals surface area contributed by atoms with Gasteiger partial charge in [0, 0.05) is 24.4 Å². The van der Waals surface area contributed by atoms with E-state index in [0.29, 0.717) is 36.3 Å². The molecule has 0 saturated carbocycles. The van der Waals surface area contributed by atoms with Gasteiger partial charge in [0.05, 0.1) is 23.1 Å². The fourth-order valence-corrected chi connectivity index (χ4v) is 3.84. The average molecular weight is 488 g/mol. The molecule has 0 fully saturated rings. The third kappa shape index (κ3) is 5.56. The van der Waals surface area contributed by atoms with Gasteiger partial charge in [0.25, 0.3) is 5.69 Å². The standard InChI is InChI=1S/C26H25N5O5/c1-36-19-12-9-17(10-13-19)18-11-14-20-22(16-18)28-26(21-6-2-3-7-23(21)31(34)35)29-25(20)27-15-5-4-8-24(32)30-33/h2-3,6-7,9-14,16,33H,4-5,8,15H2,1H3,(H,30,32)(H,27,28,29). The molecule has 0 aliphatic heterocycles. The van der Waals surface area contributed by atoms with Crippen molar-refractivity contribution in [3.8, 4) is 28.3 Å². The number of carbonyl (C=O) groups is 1. The summed E-state index contributed by atoms with van der Waals surface area (Å²) in [6.07, 6.45) is 1.43. The fraction of sp³-hybridized carbons (Fsp3) is 0.192. The number of benzene rings is 3. The van der Waals surface area contributed by atoms with E-state index in [0.717, 1.165) is 22.3 Å². The maximum Gasteiger partial charge on any atom is 0.280 e. The Morgan fingerprint density at radius 2 is 1.78 bits per heavy atom. The van der Waals surface area contributed by atoms with Crippen LogP contribution in [0.2, 0.25) is 0 Å². The SMILES string of the molecule is COc1ccc(-c2ccc3c(NCCCCC(=O)NO)nc(-c4ccccc4[N+](=O)[O-])nc3c2)cc1. The molecule has 184 valence electrons. The summed E-state index contributed by atoms with van der Waals surface area (Å²) in [5, 5.41) is 24.3. The summed E-state index contributed by atoms with van der Waals surface area (Å²) >= 11 is 0. The van der Waals surface area contributed by atoms with Crippen molar-refractivity contribution in [1.29, 1.82) is 0 Å². The first-order chi connectivity index (χ1) is 17.5. The molecular formula is C26H25N5O5. The first kappa shape index (κ1) is 24.6. The van der Waals surface area contributed by atoms with Gasteiger partial charge in [-0.25, -0.2) is 15.4 Å². The number of para-hydroxylation sites is 1. The largest absolute Gasteiger partial charge is 0.497 e. The van der Waals surface area contributed by atoms with Gasteiger partial charge >= 0.3 is 0 Å². The van der Waals surface area contributed by atoms with E-state index in [2.05, 4.69) is 15.3 Å². The second-order valence-corrected chi connectivity index (χ2v) is 8.05. The Morgan fingerprint density at radius 3 is 2.50 bits per heavy atom. The Labute approximate surface area is 207 Å². The van der Waals surface area contributed by atoms with Crippen LogP contribution in [0.25, 0.3) is 33.4 Å². The van der Waals surface area contributed by atoms with Gasteiger partial charge in [0.15, 0.2) is 5.82 Å². The lowest BCUT2D eigenvalue weighted by molar-refractivity contribution is -0.384. The normalized spacial score (nSPS) is 10.7. The molecule has 0 bridgehead atoms. The molecule has 0 unspecified atom stereocenters. The predicted molar refractivity (Wildman–Crippen MR) is 136 cm³/mol. The zero-order valence-corrected chi connectivity index (χ0v) is 19.6. The number of anilines is 1. The van der Waals surface area contributed by atoms with E-state index >= 15 is 0 Å². The van der Waals surface area contributed by atoms with Crippen molar-refractivity contribution >= 4 is 28.3 Å². The van der Waals surface area contributed by atoms with Crippen LogP contribution in [0, 0.1) is 10.1 Å². The summed E-state index contributed by atoms with van der Waals surface area (Å²) in [7, 11) is 1.61. The molecule has 4 aromatic rings. The molecule has 4 rings (SSSR count). The molecule has 3 N–H and O–H groups in total. The molecule has 0 atom stereocenters. The smallest absolute Gasteiger partial charge is 0.280 e. The number of amides is 1. The van der Waals surface area contributed by atoms with E-state index < -0.39 is 10.8 Å². The lowest BCUT2D eigenvalue weighted by Crippen LogP contribution is -2.18. The number of hydroxylamine groups is 1. The van der Waals surface area contributed by atoms with Crippen LogP contribution in [0.4, 0.5) is 11.5 Å². The summed E-state index contributed by atoms with van der Waals surface area (Å²) in [6, 6.07) is 19.8. The highest BCUT2D eigenvalue weighted by Crippen LogP contribution is 2.33. The Balaban J connectivity index is 1.73. The van der Waals surface area contributed by atoms with E-state index in [-0.39, 0.29) is 17.9 Å².